The van der Waals surface area contributed by atoms with Crippen LogP contribution in [0, 0.1) is 0 Å². The van der Waals surface area contributed by atoms with Gasteiger partial charge in [-0.1, -0.05) is 110 Å². The maximum Gasteiger partial charge on any atom is 0.225 e. The molecule has 0 radical (unpaired) electrons. The molecule has 0 atom stereocenters. The minimum absolute atomic E-state index is 0.505. The molecule has 188 valence electrons. The zero-order valence-electron chi connectivity index (χ0n) is 21.5. The van der Waals surface area contributed by atoms with Crippen molar-refractivity contribution in [2.24, 2.45) is 9.98 Å². The van der Waals surface area contributed by atoms with Crippen LogP contribution in [0.2, 0.25) is 0 Å². The zero-order chi connectivity index (χ0) is 26.3. The molecule has 1 aliphatic heterocycles. The van der Waals surface area contributed by atoms with Gasteiger partial charge in [0, 0.05) is 37.5 Å². The fourth-order valence-electron chi connectivity index (χ4n) is 5.44. The quantitative estimate of drug-likeness (QED) is 0.242. The first-order valence-corrected chi connectivity index (χ1v) is 13.8. The number of aliphatic imine (C=N–C) groups is 2. The Bertz CT molecular complexity index is 1900. The molecule has 0 fully saturated rings. The van der Waals surface area contributed by atoms with E-state index in [1.165, 1.54) is 20.2 Å². The van der Waals surface area contributed by atoms with Crippen molar-refractivity contribution in [3.63, 3.8) is 0 Å². The van der Waals surface area contributed by atoms with E-state index in [1.807, 2.05) is 60.7 Å². The number of nitrogens with zero attached hydrogens (tertiary/aromatic N) is 3. The molecule has 0 aliphatic carbocycles. The first-order chi connectivity index (χ1) is 19.3. The molecule has 1 N–H and O–H groups in total. The first-order valence-electron chi connectivity index (χ1n) is 13.0. The molecular formula is C34H26N4S. The van der Waals surface area contributed by atoms with Crippen LogP contribution in [-0.4, -0.2) is 16.2 Å². The normalized spacial score (nSPS) is 14.2. The second-order valence-electron chi connectivity index (χ2n) is 9.47. The van der Waals surface area contributed by atoms with Gasteiger partial charge in [-0.2, -0.15) is 0 Å². The van der Waals surface area contributed by atoms with Gasteiger partial charge >= 0.3 is 0 Å². The van der Waals surface area contributed by atoms with Crippen LogP contribution >= 0.6 is 11.3 Å². The van der Waals surface area contributed by atoms with E-state index in [4.69, 9.17) is 9.98 Å². The SMILES string of the molecule is C=Cc1c(/C=C\C)n(C2N=C(c3ccccc3)NC(c3ccccc3)=N2)c2c1ccc1c3ccccc3sc12. The van der Waals surface area contributed by atoms with Gasteiger partial charge in [0.25, 0.3) is 0 Å². The summed E-state index contributed by atoms with van der Waals surface area (Å²) in [6, 6.07) is 33.6. The predicted octanol–water partition coefficient (Wildman–Crippen LogP) is 8.64. The highest BCUT2D eigenvalue weighted by Gasteiger charge is 2.26. The van der Waals surface area contributed by atoms with Gasteiger partial charge in [0.05, 0.1) is 15.9 Å². The lowest BCUT2D eigenvalue weighted by Crippen LogP contribution is -2.37. The van der Waals surface area contributed by atoms with Gasteiger partial charge in [-0.3, -0.25) is 4.57 Å². The van der Waals surface area contributed by atoms with Crippen molar-refractivity contribution in [2.45, 2.75) is 13.2 Å². The summed E-state index contributed by atoms with van der Waals surface area (Å²) in [6.45, 7) is 6.25. The molecule has 0 spiro atoms. The summed E-state index contributed by atoms with van der Waals surface area (Å²) in [5, 5.41) is 7.19. The van der Waals surface area contributed by atoms with Crippen molar-refractivity contribution >= 4 is 66.2 Å². The molecule has 4 nitrogen and oxygen atoms in total. The summed E-state index contributed by atoms with van der Waals surface area (Å²) in [4.78, 5) is 10.4. The molecule has 3 heterocycles. The van der Waals surface area contributed by atoms with Crippen LogP contribution in [0.4, 0.5) is 0 Å². The number of nitrogens with one attached hydrogen (secondary N) is 1. The van der Waals surface area contributed by atoms with E-state index in [0.717, 1.165) is 45.0 Å². The van der Waals surface area contributed by atoms with Crippen molar-refractivity contribution in [3.05, 3.63) is 132 Å². The third-order valence-corrected chi connectivity index (χ3v) is 8.36. The van der Waals surface area contributed by atoms with Gasteiger partial charge in [-0.25, -0.2) is 9.98 Å². The molecule has 39 heavy (non-hydrogen) atoms. The fraction of sp³-hybridized carbons (Fsp3) is 0.0588. The van der Waals surface area contributed by atoms with E-state index in [0.29, 0.717) is 0 Å². The van der Waals surface area contributed by atoms with Gasteiger partial charge in [0.15, 0.2) is 0 Å². The van der Waals surface area contributed by atoms with E-state index in [1.54, 1.807) is 0 Å². The largest absolute Gasteiger partial charge is 0.324 e. The average molecular weight is 523 g/mol. The number of hydrogen-bond acceptors (Lipinski definition) is 4. The zero-order valence-corrected chi connectivity index (χ0v) is 22.3. The average Bonchev–Trinajstić information content (AvgIpc) is 3.53. The van der Waals surface area contributed by atoms with Crippen molar-refractivity contribution in [1.29, 1.82) is 0 Å². The summed E-state index contributed by atoms with van der Waals surface area (Å²) in [7, 11) is 0. The van der Waals surface area contributed by atoms with Crippen LogP contribution in [0.15, 0.2) is 120 Å². The molecule has 0 unspecified atom stereocenters. The Morgan fingerprint density at radius 3 is 2.03 bits per heavy atom. The van der Waals surface area contributed by atoms with E-state index in [2.05, 4.69) is 89.3 Å². The molecular weight excluding hydrogens is 496 g/mol. The van der Waals surface area contributed by atoms with Crippen molar-refractivity contribution < 1.29 is 0 Å². The molecule has 6 aromatic rings. The summed E-state index contributed by atoms with van der Waals surface area (Å²) < 4.78 is 4.79. The Morgan fingerprint density at radius 2 is 1.38 bits per heavy atom. The second kappa shape index (κ2) is 9.53. The van der Waals surface area contributed by atoms with Crippen molar-refractivity contribution in [1.82, 2.24) is 9.88 Å². The molecule has 4 aromatic carbocycles. The number of aromatic nitrogens is 1. The number of benzene rings is 4. The molecule has 0 saturated carbocycles. The number of fused-ring (bicyclic) bond motifs is 5. The lowest BCUT2D eigenvalue weighted by atomic mass is 10.1. The number of hydrogen-bond donors (Lipinski definition) is 1. The molecule has 5 heteroatoms. The van der Waals surface area contributed by atoms with Crippen LogP contribution in [0.1, 0.15) is 35.6 Å². The maximum atomic E-state index is 5.22. The minimum Gasteiger partial charge on any atom is -0.324 e. The third kappa shape index (κ3) is 3.82. The third-order valence-electron chi connectivity index (χ3n) is 7.17. The van der Waals surface area contributed by atoms with Crippen LogP contribution in [0.25, 0.3) is 43.2 Å². The molecule has 0 bridgehead atoms. The Balaban J connectivity index is 1.58. The van der Waals surface area contributed by atoms with Crippen molar-refractivity contribution in [3.8, 4) is 0 Å². The lowest BCUT2D eigenvalue weighted by molar-refractivity contribution is 0.557. The first kappa shape index (κ1) is 23.4. The maximum absolute atomic E-state index is 5.22. The molecule has 2 aromatic heterocycles. The molecule has 0 saturated heterocycles. The summed E-state index contributed by atoms with van der Waals surface area (Å²) in [6.07, 6.45) is 5.67. The number of allylic oxidation sites excluding steroid dienone is 1. The smallest absolute Gasteiger partial charge is 0.225 e. The minimum atomic E-state index is -0.505. The Hall–Kier alpha value is -4.74. The highest BCUT2D eigenvalue weighted by atomic mass is 32.1. The standard InChI is InChI=1S/C34H26N4S/c1-3-13-28-24(4-2)26-20-21-27-25-18-11-12-19-29(25)39-31(27)30(26)38(28)34-36-32(22-14-7-5-8-15-22)35-33(37-34)23-16-9-6-10-17-23/h3-21,34H,2H2,1H3,(H,35,36,37)/b13-3-. The fourth-order valence-corrected chi connectivity index (χ4v) is 6.69. The topological polar surface area (TPSA) is 41.7 Å². The van der Waals surface area contributed by atoms with Gasteiger partial charge in [-0.05, 0) is 19.1 Å². The monoisotopic (exact) mass is 522 g/mol. The van der Waals surface area contributed by atoms with Crippen LogP contribution in [0.5, 0.6) is 0 Å². The number of thiophene rings is 1. The summed E-state index contributed by atoms with van der Waals surface area (Å²) in [5.74, 6) is 1.60. The Morgan fingerprint density at radius 1 is 0.769 bits per heavy atom. The number of amidine groups is 2. The second-order valence-corrected chi connectivity index (χ2v) is 10.5. The highest BCUT2D eigenvalue weighted by molar-refractivity contribution is 7.26. The number of rotatable bonds is 5. The predicted molar refractivity (Wildman–Crippen MR) is 168 cm³/mol. The summed E-state index contributed by atoms with van der Waals surface area (Å²) in [5.41, 5.74) is 5.31. The van der Waals surface area contributed by atoms with Gasteiger partial charge in [-0.15, -0.1) is 11.3 Å². The Labute approximate surface area is 231 Å². The summed E-state index contributed by atoms with van der Waals surface area (Å²) >= 11 is 1.82. The van der Waals surface area contributed by atoms with Crippen LogP contribution in [0.3, 0.4) is 0 Å². The highest BCUT2D eigenvalue weighted by Crippen LogP contribution is 2.43. The van der Waals surface area contributed by atoms with E-state index < -0.39 is 6.29 Å². The molecule has 1 aliphatic rings. The van der Waals surface area contributed by atoms with E-state index in [-0.39, 0.29) is 0 Å². The van der Waals surface area contributed by atoms with Crippen LogP contribution < -0.4 is 5.32 Å². The molecule has 7 rings (SSSR count). The van der Waals surface area contributed by atoms with Gasteiger partial charge in [0.2, 0.25) is 6.29 Å². The lowest BCUT2D eigenvalue weighted by Gasteiger charge is -2.24. The van der Waals surface area contributed by atoms with Crippen molar-refractivity contribution in [2.75, 3.05) is 0 Å². The van der Waals surface area contributed by atoms with E-state index in [9.17, 15) is 0 Å². The molecule has 0 amide bonds. The van der Waals surface area contributed by atoms with E-state index >= 15 is 0 Å². The van der Waals surface area contributed by atoms with Gasteiger partial charge < -0.3 is 5.32 Å². The van der Waals surface area contributed by atoms with Gasteiger partial charge in [0.1, 0.15) is 11.7 Å². The Kier molecular flexibility index (Phi) is 5.71. The van der Waals surface area contributed by atoms with Crippen LogP contribution in [-0.2, 0) is 0 Å².